The van der Waals surface area contributed by atoms with Gasteiger partial charge in [0, 0.05) is 18.6 Å². The van der Waals surface area contributed by atoms with Gasteiger partial charge in [-0.25, -0.2) is 9.18 Å². The van der Waals surface area contributed by atoms with Crippen molar-refractivity contribution in [3.63, 3.8) is 0 Å². The zero-order valence-corrected chi connectivity index (χ0v) is 13.8. The minimum atomic E-state index is -0.716. The predicted molar refractivity (Wildman–Crippen MR) is 87.8 cm³/mol. The van der Waals surface area contributed by atoms with Crippen LogP contribution in [0.2, 0.25) is 5.02 Å². The molecule has 0 fully saturated rings. The van der Waals surface area contributed by atoms with E-state index in [1.807, 2.05) is 0 Å². The zero-order chi connectivity index (χ0) is 17.7. The number of methoxy groups -OCH3 is 1. The molecule has 2 aromatic rings. The molecular formula is C17H15ClFNO4. The highest BCUT2D eigenvalue weighted by Gasteiger charge is 2.18. The number of carbonyl (C=O) groups is 2. The second-order valence-electron chi connectivity index (χ2n) is 4.88. The largest absolute Gasteiger partial charge is 0.496 e. The summed E-state index contributed by atoms with van der Waals surface area (Å²) in [4.78, 5) is 23.4. The second-order valence-corrected chi connectivity index (χ2v) is 5.29. The molecule has 0 aromatic heterocycles. The van der Waals surface area contributed by atoms with Gasteiger partial charge in [-0.1, -0.05) is 29.8 Å². The number of halogens is 2. The Hall–Kier alpha value is -2.60. The molecule has 0 bridgehead atoms. The van der Waals surface area contributed by atoms with Crippen molar-refractivity contribution in [3.8, 4) is 5.75 Å². The highest BCUT2D eigenvalue weighted by atomic mass is 35.5. The van der Waals surface area contributed by atoms with E-state index < -0.39 is 11.8 Å². The third kappa shape index (κ3) is 4.23. The fraction of sp³-hybridized carbons (Fsp3) is 0.176. The van der Waals surface area contributed by atoms with E-state index >= 15 is 0 Å². The van der Waals surface area contributed by atoms with Gasteiger partial charge >= 0.3 is 5.97 Å². The predicted octanol–water partition coefficient (Wildman–Crippen LogP) is 3.80. The molecule has 126 valence electrons. The van der Waals surface area contributed by atoms with Crippen LogP contribution in [0, 0.1) is 5.82 Å². The fourth-order valence-corrected chi connectivity index (χ4v) is 2.21. The fourth-order valence-electron chi connectivity index (χ4n) is 2.00. The number of benzene rings is 2. The molecular weight excluding hydrogens is 337 g/mol. The molecule has 2 aromatic carbocycles. The van der Waals surface area contributed by atoms with Crippen LogP contribution in [-0.4, -0.2) is 19.0 Å². The van der Waals surface area contributed by atoms with Gasteiger partial charge in [0.15, 0.2) is 0 Å². The maximum atomic E-state index is 13.5. The molecule has 1 N–H and O–H groups in total. The lowest BCUT2D eigenvalue weighted by Crippen LogP contribution is -2.10. The van der Waals surface area contributed by atoms with E-state index in [0.29, 0.717) is 5.69 Å². The van der Waals surface area contributed by atoms with E-state index in [1.165, 1.54) is 38.3 Å². The number of carbonyl (C=O) groups excluding carboxylic acids is 2. The summed E-state index contributed by atoms with van der Waals surface area (Å²) in [6.45, 7) is 1.11. The van der Waals surface area contributed by atoms with Crippen molar-refractivity contribution >= 4 is 29.2 Å². The molecule has 0 aliphatic carbocycles. The standard InChI is InChI=1S/C17H15ClFNO4/c1-10(21)20-15-8-16(23-2)12(7-13(15)18)17(22)24-9-11-5-3-4-6-14(11)19/h3-8H,9H2,1-2H3,(H,20,21). The van der Waals surface area contributed by atoms with Crippen molar-refractivity contribution in [3.05, 3.63) is 58.4 Å². The number of nitrogens with one attached hydrogen (secondary N) is 1. The Bertz CT molecular complexity index is 779. The second kappa shape index (κ2) is 7.79. The Labute approximate surface area is 143 Å². The summed E-state index contributed by atoms with van der Waals surface area (Å²) in [6.07, 6.45) is 0. The average molecular weight is 352 g/mol. The average Bonchev–Trinajstić information content (AvgIpc) is 2.55. The Balaban J connectivity index is 2.21. The number of hydrogen-bond donors (Lipinski definition) is 1. The number of hydrogen-bond acceptors (Lipinski definition) is 4. The number of amides is 1. The molecule has 1 amide bonds. The molecule has 0 spiro atoms. The van der Waals surface area contributed by atoms with Crippen molar-refractivity contribution in [2.75, 3.05) is 12.4 Å². The van der Waals surface area contributed by atoms with Gasteiger partial charge in [-0.3, -0.25) is 4.79 Å². The van der Waals surface area contributed by atoms with E-state index in [-0.39, 0.29) is 34.4 Å². The van der Waals surface area contributed by atoms with Crippen molar-refractivity contribution in [1.82, 2.24) is 0 Å². The van der Waals surface area contributed by atoms with Gasteiger partial charge < -0.3 is 14.8 Å². The van der Waals surface area contributed by atoms with Crippen molar-refractivity contribution in [2.24, 2.45) is 0 Å². The summed E-state index contributed by atoms with van der Waals surface area (Å²) in [5.41, 5.74) is 0.644. The van der Waals surface area contributed by atoms with Crippen LogP contribution in [0.5, 0.6) is 5.75 Å². The van der Waals surface area contributed by atoms with Crippen LogP contribution in [0.25, 0.3) is 0 Å². The molecule has 5 nitrogen and oxygen atoms in total. The van der Waals surface area contributed by atoms with E-state index in [9.17, 15) is 14.0 Å². The van der Waals surface area contributed by atoms with Gasteiger partial charge in [0.2, 0.25) is 5.91 Å². The van der Waals surface area contributed by atoms with E-state index in [2.05, 4.69) is 5.32 Å². The topological polar surface area (TPSA) is 64.6 Å². The molecule has 7 heteroatoms. The van der Waals surface area contributed by atoms with Crippen LogP contribution in [-0.2, 0) is 16.1 Å². The van der Waals surface area contributed by atoms with Crippen molar-refractivity contribution in [1.29, 1.82) is 0 Å². The highest BCUT2D eigenvalue weighted by Crippen LogP contribution is 2.31. The maximum absolute atomic E-state index is 13.5. The van der Waals surface area contributed by atoms with Gasteiger partial charge in [0.25, 0.3) is 0 Å². The van der Waals surface area contributed by atoms with E-state index in [1.54, 1.807) is 12.1 Å². The minimum Gasteiger partial charge on any atom is -0.496 e. The van der Waals surface area contributed by atoms with E-state index in [0.717, 1.165) is 0 Å². The first-order valence-electron chi connectivity index (χ1n) is 6.98. The highest BCUT2D eigenvalue weighted by molar-refractivity contribution is 6.34. The zero-order valence-electron chi connectivity index (χ0n) is 13.1. The van der Waals surface area contributed by atoms with Crippen LogP contribution in [0.1, 0.15) is 22.8 Å². The molecule has 0 saturated heterocycles. The van der Waals surface area contributed by atoms with Gasteiger partial charge in [-0.15, -0.1) is 0 Å². The van der Waals surface area contributed by atoms with Crippen LogP contribution in [0.3, 0.4) is 0 Å². The Morgan fingerprint density at radius 1 is 1.25 bits per heavy atom. The first kappa shape index (κ1) is 17.7. The Morgan fingerprint density at radius 3 is 2.58 bits per heavy atom. The smallest absolute Gasteiger partial charge is 0.342 e. The van der Waals surface area contributed by atoms with Gasteiger partial charge in [0.05, 0.1) is 17.8 Å². The van der Waals surface area contributed by atoms with Gasteiger partial charge in [-0.2, -0.15) is 0 Å². The number of anilines is 1. The summed E-state index contributed by atoms with van der Waals surface area (Å²) in [5.74, 6) is -1.31. The lowest BCUT2D eigenvalue weighted by Gasteiger charge is -2.13. The number of rotatable bonds is 5. The summed E-state index contributed by atoms with van der Waals surface area (Å²) >= 11 is 6.05. The monoisotopic (exact) mass is 351 g/mol. The molecule has 0 saturated carbocycles. The number of ether oxygens (including phenoxy) is 2. The molecule has 0 radical (unpaired) electrons. The van der Waals surface area contributed by atoms with Crippen LogP contribution in [0.4, 0.5) is 10.1 Å². The molecule has 0 aliphatic heterocycles. The first-order valence-corrected chi connectivity index (χ1v) is 7.35. The SMILES string of the molecule is COc1cc(NC(C)=O)c(Cl)cc1C(=O)OCc1ccccc1F. The van der Waals surface area contributed by atoms with Crippen LogP contribution in [0.15, 0.2) is 36.4 Å². The third-order valence-electron chi connectivity index (χ3n) is 3.14. The molecule has 0 heterocycles. The summed E-state index contributed by atoms with van der Waals surface area (Å²) in [5, 5.41) is 2.68. The molecule has 0 atom stereocenters. The van der Waals surface area contributed by atoms with Gasteiger partial charge in [0.1, 0.15) is 23.7 Å². The Kier molecular flexibility index (Phi) is 5.76. The van der Waals surface area contributed by atoms with E-state index in [4.69, 9.17) is 21.1 Å². The normalized spacial score (nSPS) is 10.2. The molecule has 0 unspecified atom stereocenters. The lowest BCUT2D eigenvalue weighted by atomic mass is 10.1. The third-order valence-corrected chi connectivity index (χ3v) is 3.45. The van der Waals surface area contributed by atoms with Crippen LogP contribution >= 0.6 is 11.6 Å². The molecule has 0 aliphatic rings. The van der Waals surface area contributed by atoms with Gasteiger partial charge in [-0.05, 0) is 12.1 Å². The lowest BCUT2D eigenvalue weighted by molar-refractivity contribution is -0.114. The van der Waals surface area contributed by atoms with Crippen molar-refractivity contribution < 1.29 is 23.5 Å². The van der Waals surface area contributed by atoms with Crippen LogP contribution < -0.4 is 10.1 Å². The first-order chi connectivity index (χ1) is 11.4. The summed E-state index contributed by atoms with van der Waals surface area (Å²) in [7, 11) is 1.37. The minimum absolute atomic E-state index is 0.0768. The van der Waals surface area contributed by atoms with Crippen molar-refractivity contribution in [2.45, 2.75) is 13.5 Å². The maximum Gasteiger partial charge on any atom is 0.342 e. The molecule has 2 rings (SSSR count). The summed E-state index contributed by atoms with van der Waals surface area (Å²) < 4.78 is 23.8. The quantitative estimate of drug-likeness (QED) is 0.832. The summed E-state index contributed by atoms with van der Waals surface area (Å²) in [6, 6.07) is 8.74. The number of esters is 1. The molecule has 24 heavy (non-hydrogen) atoms. The Morgan fingerprint density at radius 2 is 1.96 bits per heavy atom.